The van der Waals surface area contributed by atoms with Crippen LogP contribution in [0.15, 0.2) is 61.2 Å². The molecule has 2 aromatic rings. The Balaban J connectivity index is 1.48. The highest BCUT2D eigenvalue weighted by Gasteiger charge is 2.41. The summed E-state index contributed by atoms with van der Waals surface area (Å²) in [4.78, 5) is 26.2. The van der Waals surface area contributed by atoms with E-state index in [4.69, 9.17) is 9.47 Å². The fraction of sp³-hybridized carbons (Fsp3) is 0.304. The van der Waals surface area contributed by atoms with Gasteiger partial charge in [0.2, 0.25) is 0 Å². The summed E-state index contributed by atoms with van der Waals surface area (Å²) in [6, 6.07) is 15.3. The topological polar surface area (TPSA) is 76.1 Å². The average molecular weight is 393 g/mol. The van der Waals surface area contributed by atoms with Crippen molar-refractivity contribution in [3.05, 3.63) is 72.3 Å². The second-order valence-corrected chi connectivity index (χ2v) is 7.28. The largest absolute Gasteiger partial charge is 0.460 e. The number of carbonyl (C=O) groups excluding carboxylic acids is 2. The summed E-state index contributed by atoms with van der Waals surface area (Å²) >= 11 is 0. The van der Waals surface area contributed by atoms with E-state index in [9.17, 15) is 14.7 Å². The van der Waals surface area contributed by atoms with Crippen molar-refractivity contribution in [2.24, 2.45) is 0 Å². The number of likely N-dealkylation sites (tertiary alicyclic amines) is 1. The number of hydrogen-bond donors (Lipinski definition) is 1. The number of β-amino-alcohol motifs (C(OH)–C–C–N with tert-alkyl or cyclic N) is 1. The molecule has 1 N–H and O–H groups in total. The summed E-state index contributed by atoms with van der Waals surface area (Å²) < 4.78 is 10.7. The van der Waals surface area contributed by atoms with E-state index in [1.54, 1.807) is 0 Å². The molecule has 150 valence electrons. The van der Waals surface area contributed by atoms with Crippen molar-refractivity contribution < 1.29 is 24.2 Å². The van der Waals surface area contributed by atoms with Crippen molar-refractivity contribution in [3.63, 3.8) is 0 Å². The standard InChI is InChI=1S/C23H23NO5/c1-2-11-28-22(26)21-12-15(25)13-24(21)23(27)29-14-20-18-9-5-3-7-16(18)17-8-4-6-10-19(17)20/h2-10,15,20-21,25H,1,11-14H2. The van der Waals surface area contributed by atoms with Crippen LogP contribution >= 0.6 is 0 Å². The number of nitrogens with zero attached hydrogens (tertiary/aromatic N) is 1. The van der Waals surface area contributed by atoms with Crippen LogP contribution in [0.1, 0.15) is 23.5 Å². The number of benzene rings is 2. The smallest absolute Gasteiger partial charge is 0.410 e. The predicted octanol–water partition coefficient (Wildman–Crippen LogP) is 3.10. The first kappa shape index (κ1) is 19.2. The van der Waals surface area contributed by atoms with Crippen molar-refractivity contribution in [1.29, 1.82) is 0 Å². The maximum atomic E-state index is 12.7. The van der Waals surface area contributed by atoms with Gasteiger partial charge in [-0.05, 0) is 22.3 Å². The number of ether oxygens (including phenoxy) is 2. The number of aliphatic hydroxyl groups excluding tert-OH is 1. The number of rotatable bonds is 5. The lowest BCUT2D eigenvalue weighted by Crippen LogP contribution is -2.42. The van der Waals surface area contributed by atoms with E-state index in [2.05, 4.69) is 18.7 Å². The Hall–Kier alpha value is -3.12. The molecule has 2 aromatic carbocycles. The molecule has 2 unspecified atom stereocenters. The Bertz CT molecular complexity index is 895. The minimum Gasteiger partial charge on any atom is -0.460 e. The lowest BCUT2D eigenvalue weighted by atomic mass is 9.98. The molecule has 6 heteroatoms. The van der Waals surface area contributed by atoms with Gasteiger partial charge in [-0.1, -0.05) is 61.2 Å². The van der Waals surface area contributed by atoms with E-state index in [0.717, 1.165) is 22.3 Å². The molecule has 29 heavy (non-hydrogen) atoms. The Kier molecular flexibility index (Phi) is 5.36. The fourth-order valence-corrected chi connectivity index (χ4v) is 4.15. The van der Waals surface area contributed by atoms with E-state index in [1.165, 1.54) is 11.0 Å². The minimum atomic E-state index is -0.847. The highest BCUT2D eigenvalue weighted by Crippen LogP contribution is 2.44. The molecular formula is C23H23NO5. The summed E-state index contributed by atoms with van der Waals surface area (Å²) in [5.41, 5.74) is 4.52. The molecule has 4 rings (SSSR count). The van der Waals surface area contributed by atoms with Gasteiger partial charge in [0, 0.05) is 12.3 Å². The Morgan fingerprint density at radius 3 is 2.31 bits per heavy atom. The van der Waals surface area contributed by atoms with Crippen molar-refractivity contribution in [2.45, 2.75) is 24.5 Å². The van der Waals surface area contributed by atoms with E-state index in [0.29, 0.717) is 0 Å². The minimum absolute atomic E-state index is 0.0462. The van der Waals surface area contributed by atoms with Crippen molar-refractivity contribution >= 4 is 12.1 Å². The van der Waals surface area contributed by atoms with Gasteiger partial charge < -0.3 is 14.6 Å². The second kappa shape index (κ2) is 8.09. The maximum absolute atomic E-state index is 12.7. The van der Waals surface area contributed by atoms with Crippen LogP contribution in [0.3, 0.4) is 0 Å². The van der Waals surface area contributed by atoms with Crippen LogP contribution in [0.2, 0.25) is 0 Å². The van der Waals surface area contributed by atoms with Gasteiger partial charge in [0.25, 0.3) is 0 Å². The monoisotopic (exact) mass is 393 g/mol. The van der Waals surface area contributed by atoms with Gasteiger partial charge in [-0.3, -0.25) is 4.90 Å². The molecule has 1 aliphatic carbocycles. The van der Waals surface area contributed by atoms with E-state index >= 15 is 0 Å². The van der Waals surface area contributed by atoms with Crippen LogP contribution in [0.25, 0.3) is 11.1 Å². The zero-order valence-corrected chi connectivity index (χ0v) is 16.0. The molecule has 1 fully saturated rings. The summed E-state index contributed by atoms with van der Waals surface area (Å²) in [5, 5.41) is 9.96. The van der Waals surface area contributed by atoms with Crippen molar-refractivity contribution in [3.8, 4) is 11.1 Å². The highest BCUT2D eigenvalue weighted by atomic mass is 16.6. The van der Waals surface area contributed by atoms with E-state index in [-0.39, 0.29) is 32.1 Å². The van der Waals surface area contributed by atoms with Crippen LogP contribution in [0.5, 0.6) is 0 Å². The summed E-state index contributed by atoms with van der Waals surface area (Å²) in [7, 11) is 0. The third-order valence-corrected chi connectivity index (χ3v) is 5.47. The second-order valence-electron chi connectivity index (χ2n) is 7.28. The molecule has 2 atom stereocenters. The Morgan fingerprint density at radius 1 is 1.07 bits per heavy atom. The first-order valence-corrected chi connectivity index (χ1v) is 9.67. The Morgan fingerprint density at radius 2 is 1.69 bits per heavy atom. The predicted molar refractivity (Wildman–Crippen MR) is 107 cm³/mol. The molecule has 1 aliphatic heterocycles. The van der Waals surface area contributed by atoms with Gasteiger partial charge in [-0.2, -0.15) is 0 Å². The fourth-order valence-electron chi connectivity index (χ4n) is 4.15. The molecule has 0 radical (unpaired) electrons. The molecule has 1 heterocycles. The molecule has 0 bridgehead atoms. The van der Waals surface area contributed by atoms with Crippen LogP contribution < -0.4 is 0 Å². The SMILES string of the molecule is C=CCOC(=O)C1CC(O)CN1C(=O)OCC1c2ccccc2-c2ccccc21. The Labute approximate surface area is 169 Å². The zero-order valence-electron chi connectivity index (χ0n) is 16.0. The van der Waals surface area contributed by atoms with Gasteiger partial charge in [0.05, 0.1) is 12.6 Å². The van der Waals surface area contributed by atoms with Crippen LogP contribution in [-0.2, 0) is 14.3 Å². The number of amides is 1. The average Bonchev–Trinajstić information content (AvgIpc) is 3.29. The van der Waals surface area contributed by atoms with Gasteiger partial charge >= 0.3 is 12.1 Å². The number of aliphatic hydroxyl groups is 1. The summed E-state index contributed by atoms with van der Waals surface area (Å²) in [6.07, 6.45) is 0.196. The number of esters is 1. The van der Waals surface area contributed by atoms with E-state index in [1.807, 2.05) is 36.4 Å². The first-order chi connectivity index (χ1) is 14.1. The molecule has 1 amide bonds. The van der Waals surface area contributed by atoms with Crippen molar-refractivity contribution in [1.82, 2.24) is 4.90 Å². The molecule has 6 nitrogen and oxygen atoms in total. The maximum Gasteiger partial charge on any atom is 0.410 e. The molecular weight excluding hydrogens is 370 g/mol. The van der Waals surface area contributed by atoms with Gasteiger partial charge in [0.1, 0.15) is 19.3 Å². The quantitative estimate of drug-likeness (QED) is 0.624. The van der Waals surface area contributed by atoms with Gasteiger partial charge in [0.15, 0.2) is 0 Å². The third kappa shape index (κ3) is 3.63. The summed E-state index contributed by atoms with van der Waals surface area (Å²) in [5.74, 6) is -0.625. The molecule has 0 aromatic heterocycles. The number of carbonyl (C=O) groups is 2. The lowest BCUT2D eigenvalue weighted by molar-refractivity contribution is -0.147. The van der Waals surface area contributed by atoms with Gasteiger partial charge in [-0.25, -0.2) is 9.59 Å². The molecule has 2 aliphatic rings. The zero-order chi connectivity index (χ0) is 20.4. The number of fused-ring (bicyclic) bond motifs is 3. The van der Waals surface area contributed by atoms with Crippen LogP contribution in [-0.4, -0.2) is 54.0 Å². The van der Waals surface area contributed by atoms with Crippen LogP contribution in [0, 0.1) is 0 Å². The van der Waals surface area contributed by atoms with E-state index < -0.39 is 24.2 Å². The highest BCUT2D eigenvalue weighted by molar-refractivity contribution is 5.83. The third-order valence-electron chi connectivity index (χ3n) is 5.47. The molecule has 0 saturated carbocycles. The summed E-state index contributed by atoms with van der Waals surface area (Å²) in [6.45, 7) is 3.77. The lowest BCUT2D eigenvalue weighted by Gasteiger charge is -2.23. The van der Waals surface area contributed by atoms with Gasteiger partial charge in [-0.15, -0.1) is 0 Å². The number of hydrogen-bond acceptors (Lipinski definition) is 5. The van der Waals surface area contributed by atoms with Crippen LogP contribution in [0.4, 0.5) is 4.79 Å². The molecule has 0 spiro atoms. The normalized spacial score (nSPS) is 20.1. The van der Waals surface area contributed by atoms with Crippen molar-refractivity contribution in [2.75, 3.05) is 19.8 Å². The first-order valence-electron chi connectivity index (χ1n) is 9.67. The molecule has 1 saturated heterocycles.